The molecule has 1 aliphatic heterocycles. The zero-order valence-electron chi connectivity index (χ0n) is 14.5. The highest BCUT2D eigenvalue weighted by Gasteiger charge is 2.31. The third-order valence-corrected chi connectivity index (χ3v) is 4.64. The van der Waals surface area contributed by atoms with Gasteiger partial charge in [0.25, 0.3) is 5.91 Å². The third kappa shape index (κ3) is 4.65. The average molecular weight is 347 g/mol. The molecule has 0 spiro atoms. The Bertz CT molecular complexity index is 610. The van der Waals surface area contributed by atoms with E-state index in [4.69, 9.17) is 14.2 Å². The molecule has 0 bridgehead atoms. The highest BCUT2D eigenvalue weighted by Crippen LogP contribution is 2.31. The maximum absolute atomic E-state index is 12.3. The molecule has 1 aromatic rings. The van der Waals surface area contributed by atoms with Crippen molar-refractivity contribution in [2.24, 2.45) is 0 Å². The Labute approximate surface area is 147 Å². The molecule has 2 atom stereocenters. The van der Waals surface area contributed by atoms with Crippen molar-refractivity contribution in [1.29, 1.82) is 0 Å². The molecule has 1 N–H and O–H groups in total. The minimum Gasteiger partial charge on any atom is -0.485 e. The first-order chi connectivity index (χ1) is 12.1. The van der Waals surface area contributed by atoms with E-state index in [0.717, 1.165) is 25.7 Å². The number of para-hydroxylation sites is 2. The molecule has 1 saturated carbocycles. The second kappa shape index (κ2) is 8.23. The third-order valence-electron chi connectivity index (χ3n) is 4.64. The molecule has 136 valence electrons. The number of rotatable bonds is 4. The normalized spacial score (nSPS) is 21.7. The number of hydrogen-bond acceptors (Lipinski definition) is 5. The number of nitrogens with one attached hydrogen (secondary N) is 1. The first-order valence-electron chi connectivity index (χ1n) is 9.03. The number of carbonyl (C=O) groups is 2. The molecule has 1 aliphatic carbocycles. The van der Waals surface area contributed by atoms with Crippen LogP contribution < -0.4 is 14.8 Å². The smallest absolute Gasteiger partial charge is 0.351 e. The van der Waals surface area contributed by atoms with Crippen molar-refractivity contribution in [3.8, 4) is 11.5 Å². The lowest BCUT2D eigenvalue weighted by Gasteiger charge is -2.26. The molecule has 0 aromatic heterocycles. The highest BCUT2D eigenvalue weighted by molar-refractivity contribution is 5.85. The van der Waals surface area contributed by atoms with E-state index in [2.05, 4.69) is 5.32 Å². The molecule has 1 heterocycles. The van der Waals surface area contributed by atoms with Gasteiger partial charge in [-0.1, -0.05) is 37.8 Å². The fraction of sp³-hybridized carbons (Fsp3) is 0.579. The largest absolute Gasteiger partial charge is 0.485 e. The fourth-order valence-corrected chi connectivity index (χ4v) is 3.18. The molecule has 2 aliphatic rings. The maximum atomic E-state index is 12.3. The number of amides is 1. The first kappa shape index (κ1) is 17.6. The number of hydrogen-bond donors (Lipinski definition) is 1. The minimum absolute atomic E-state index is 0.0762. The molecule has 6 nitrogen and oxygen atoms in total. The molecule has 1 aromatic carbocycles. The van der Waals surface area contributed by atoms with Gasteiger partial charge in [0.1, 0.15) is 6.61 Å². The lowest BCUT2D eigenvalue weighted by atomic mass is 10.1. The second-order valence-electron chi connectivity index (χ2n) is 6.64. The first-order valence-corrected chi connectivity index (χ1v) is 9.03. The quantitative estimate of drug-likeness (QED) is 0.669. The van der Waals surface area contributed by atoms with Crippen LogP contribution in [0.15, 0.2) is 24.3 Å². The summed E-state index contributed by atoms with van der Waals surface area (Å²) in [5.41, 5.74) is 0. The molecule has 6 heteroatoms. The van der Waals surface area contributed by atoms with E-state index in [1.54, 1.807) is 25.1 Å². The summed E-state index contributed by atoms with van der Waals surface area (Å²) in [7, 11) is 0. The van der Waals surface area contributed by atoms with Gasteiger partial charge in [0.05, 0.1) is 0 Å². The fourth-order valence-electron chi connectivity index (χ4n) is 3.18. The van der Waals surface area contributed by atoms with Gasteiger partial charge in [0.15, 0.2) is 17.6 Å². The maximum Gasteiger partial charge on any atom is 0.351 e. The van der Waals surface area contributed by atoms with Gasteiger partial charge in [0, 0.05) is 6.04 Å². The molecule has 1 fully saturated rings. The molecule has 0 saturated heterocycles. The Hall–Kier alpha value is -2.24. The summed E-state index contributed by atoms with van der Waals surface area (Å²) in [4.78, 5) is 24.5. The molecule has 3 rings (SSSR count). The van der Waals surface area contributed by atoms with E-state index in [1.165, 1.54) is 12.8 Å². The van der Waals surface area contributed by atoms with Crippen molar-refractivity contribution in [1.82, 2.24) is 5.32 Å². The SMILES string of the molecule is C[C@H](OC(=O)[C@H]1COc2ccccc2O1)C(=O)NC1CCCCCC1. The van der Waals surface area contributed by atoms with Crippen LogP contribution in [0.4, 0.5) is 0 Å². The predicted molar refractivity (Wildman–Crippen MR) is 91.5 cm³/mol. The molecule has 25 heavy (non-hydrogen) atoms. The summed E-state index contributed by atoms with van der Waals surface area (Å²) >= 11 is 0. The van der Waals surface area contributed by atoms with Gasteiger partial charge in [0.2, 0.25) is 6.10 Å². The van der Waals surface area contributed by atoms with Crippen LogP contribution in [-0.4, -0.2) is 36.7 Å². The van der Waals surface area contributed by atoms with Gasteiger partial charge in [-0.05, 0) is 31.9 Å². The number of esters is 1. The van der Waals surface area contributed by atoms with E-state index in [9.17, 15) is 9.59 Å². The van der Waals surface area contributed by atoms with Gasteiger partial charge >= 0.3 is 5.97 Å². The molecular weight excluding hydrogens is 322 g/mol. The van der Waals surface area contributed by atoms with Crippen molar-refractivity contribution >= 4 is 11.9 Å². The standard InChI is InChI=1S/C19H25NO5/c1-13(18(21)20-14-8-4-2-3-5-9-14)24-19(22)17-12-23-15-10-6-7-11-16(15)25-17/h6-7,10-11,13-14,17H,2-5,8-9,12H2,1H3,(H,20,21)/t13-,17+/m0/s1. The molecule has 0 unspecified atom stereocenters. The van der Waals surface area contributed by atoms with Crippen molar-refractivity contribution in [2.75, 3.05) is 6.61 Å². The van der Waals surface area contributed by atoms with Crippen molar-refractivity contribution in [3.63, 3.8) is 0 Å². The zero-order valence-corrected chi connectivity index (χ0v) is 14.5. The molecule has 1 amide bonds. The summed E-state index contributed by atoms with van der Waals surface area (Å²) < 4.78 is 16.4. The van der Waals surface area contributed by atoms with Crippen LogP contribution in [0.2, 0.25) is 0 Å². The van der Waals surface area contributed by atoms with Crippen LogP contribution in [0.25, 0.3) is 0 Å². The van der Waals surface area contributed by atoms with Crippen LogP contribution in [0.1, 0.15) is 45.4 Å². The Balaban J connectivity index is 1.49. The Morgan fingerprint density at radius 3 is 2.52 bits per heavy atom. The van der Waals surface area contributed by atoms with Crippen molar-refractivity contribution < 1.29 is 23.8 Å². The Morgan fingerprint density at radius 2 is 1.80 bits per heavy atom. The molecular formula is C19H25NO5. The summed E-state index contributed by atoms with van der Waals surface area (Å²) in [5.74, 6) is 0.271. The lowest BCUT2D eigenvalue weighted by molar-refractivity contribution is -0.163. The minimum atomic E-state index is -0.858. The van der Waals surface area contributed by atoms with E-state index in [0.29, 0.717) is 11.5 Å². The van der Waals surface area contributed by atoms with Gasteiger partial charge in [-0.25, -0.2) is 4.79 Å². The number of fused-ring (bicyclic) bond motifs is 1. The lowest BCUT2D eigenvalue weighted by Crippen LogP contribution is -2.45. The van der Waals surface area contributed by atoms with Crippen molar-refractivity contribution in [3.05, 3.63) is 24.3 Å². The van der Waals surface area contributed by atoms with Gasteiger partial charge in [-0.3, -0.25) is 4.79 Å². The van der Waals surface area contributed by atoms with Gasteiger partial charge in [-0.15, -0.1) is 0 Å². The number of carbonyl (C=O) groups excluding carboxylic acids is 2. The van der Waals surface area contributed by atoms with Crippen LogP contribution in [0, 0.1) is 0 Å². The monoisotopic (exact) mass is 347 g/mol. The van der Waals surface area contributed by atoms with E-state index >= 15 is 0 Å². The van der Waals surface area contributed by atoms with Gasteiger partial charge in [-0.2, -0.15) is 0 Å². The summed E-state index contributed by atoms with van der Waals surface area (Å²) in [6.07, 6.45) is 4.97. The summed E-state index contributed by atoms with van der Waals surface area (Å²) in [6.45, 7) is 1.66. The number of benzene rings is 1. The second-order valence-corrected chi connectivity index (χ2v) is 6.64. The predicted octanol–water partition coefficient (Wildman–Crippen LogP) is 2.60. The van der Waals surface area contributed by atoms with Crippen LogP contribution in [0.5, 0.6) is 11.5 Å². The van der Waals surface area contributed by atoms with Crippen LogP contribution >= 0.6 is 0 Å². The van der Waals surface area contributed by atoms with Gasteiger partial charge < -0.3 is 19.5 Å². The Morgan fingerprint density at radius 1 is 1.12 bits per heavy atom. The number of ether oxygens (including phenoxy) is 3. The Kier molecular flexibility index (Phi) is 5.79. The van der Waals surface area contributed by atoms with E-state index < -0.39 is 18.2 Å². The summed E-state index contributed by atoms with van der Waals surface area (Å²) in [5, 5.41) is 2.99. The summed E-state index contributed by atoms with van der Waals surface area (Å²) in [6, 6.07) is 7.33. The zero-order chi connectivity index (χ0) is 17.6. The van der Waals surface area contributed by atoms with Crippen molar-refractivity contribution in [2.45, 2.75) is 63.7 Å². The van der Waals surface area contributed by atoms with Crippen LogP contribution in [-0.2, 0) is 14.3 Å². The molecule has 0 radical (unpaired) electrons. The van der Waals surface area contributed by atoms with E-state index in [1.807, 2.05) is 6.07 Å². The highest BCUT2D eigenvalue weighted by atomic mass is 16.6. The van der Waals surface area contributed by atoms with E-state index in [-0.39, 0.29) is 18.6 Å². The average Bonchev–Trinajstić information content (AvgIpc) is 2.89. The topological polar surface area (TPSA) is 73.9 Å². The van der Waals surface area contributed by atoms with Crippen LogP contribution in [0.3, 0.4) is 0 Å².